The van der Waals surface area contributed by atoms with Crippen LogP contribution in [0.3, 0.4) is 0 Å². The van der Waals surface area contributed by atoms with Crippen molar-refractivity contribution in [1.82, 2.24) is 14.7 Å². The van der Waals surface area contributed by atoms with Crippen molar-refractivity contribution in [1.29, 1.82) is 0 Å². The molecule has 10 aliphatic rings. The van der Waals surface area contributed by atoms with E-state index >= 15 is 0 Å². The van der Waals surface area contributed by atoms with Gasteiger partial charge in [0.25, 0.3) is 0 Å². The molecule has 10 rings (SSSR count). The van der Waals surface area contributed by atoms with Gasteiger partial charge in [0.1, 0.15) is 11.4 Å². The Morgan fingerprint density at radius 3 is 1.69 bits per heavy atom. The monoisotopic (exact) mass is 451 g/mol. The number of aliphatic hydroxyl groups excluding tert-OH is 1. The molecule has 1 spiro atoms. The lowest BCUT2D eigenvalue weighted by molar-refractivity contribution is -0.130. The highest BCUT2D eigenvalue weighted by atomic mass is 16.6. The first kappa shape index (κ1) is 27.3. The molecular formula is C26H49N3O3. The molecule has 1 unspecified atom stereocenters. The maximum absolute atomic E-state index is 11.0. The summed E-state index contributed by atoms with van der Waals surface area (Å²) in [6.45, 7) is 10.7. The van der Waals surface area contributed by atoms with E-state index in [4.69, 9.17) is 9.84 Å². The Labute approximate surface area is 197 Å². The number of aliphatic hydroxyl groups is 1. The molecule has 186 valence electrons. The van der Waals surface area contributed by atoms with Crippen LogP contribution in [0.1, 0.15) is 60.8 Å². The van der Waals surface area contributed by atoms with E-state index in [1.54, 1.807) is 0 Å². The number of ketones is 1. The minimum Gasteiger partial charge on any atom is -0.392 e. The van der Waals surface area contributed by atoms with Crippen LogP contribution in [0, 0.1) is 17.8 Å². The largest absolute Gasteiger partial charge is 0.392 e. The van der Waals surface area contributed by atoms with E-state index in [0.29, 0.717) is 23.2 Å². The number of hydrogen-bond acceptors (Lipinski definition) is 6. The molecule has 0 aliphatic carbocycles. The number of piperidine rings is 7. The fourth-order valence-electron chi connectivity index (χ4n) is 6.22. The first-order valence-electron chi connectivity index (χ1n) is 11.8. The smallest absolute Gasteiger partial charge is 0.149 e. The molecule has 0 saturated carbocycles. The zero-order chi connectivity index (χ0) is 19.8. The number of nitrogens with zero attached hydrogens (tertiary/aromatic N) is 3. The number of fused-ring (bicyclic) bond motifs is 7. The second kappa shape index (κ2) is 11.5. The van der Waals surface area contributed by atoms with E-state index < -0.39 is 0 Å². The summed E-state index contributed by atoms with van der Waals surface area (Å²) in [4.78, 5) is 18.1. The van der Waals surface area contributed by atoms with Crippen LogP contribution >= 0.6 is 0 Å². The maximum atomic E-state index is 11.0. The Hall–Kier alpha value is -0.950. The second-order valence-corrected chi connectivity index (χ2v) is 10.1. The first-order valence-corrected chi connectivity index (χ1v) is 11.8. The second-order valence-electron chi connectivity index (χ2n) is 10.1. The van der Waals surface area contributed by atoms with Crippen molar-refractivity contribution < 1.29 is 14.6 Å². The Bertz CT molecular complexity index is 624. The molecule has 10 heterocycles. The van der Waals surface area contributed by atoms with Gasteiger partial charge in [-0.3, -0.25) is 9.69 Å². The molecule has 1 N–H and O–H groups in total. The molecule has 32 heavy (non-hydrogen) atoms. The van der Waals surface area contributed by atoms with Gasteiger partial charge in [0.05, 0.1) is 19.8 Å². The van der Waals surface area contributed by atoms with Gasteiger partial charge in [-0.1, -0.05) is 22.3 Å². The summed E-state index contributed by atoms with van der Waals surface area (Å²) in [6.07, 6.45) is 9.67. The van der Waals surface area contributed by atoms with Gasteiger partial charge in [0, 0.05) is 31.8 Å². The molecule has 6 heteroatoms. The molecule has 0 aromatic carbocycles. The lowest BCUT2D eigenvalue weighted by Crippen LogP contribution is -2.52. The van der Waals surface area contributed by atoms with Crippen LogP contribution in [0.4, 0.5) is 0 Å². The number of carbonyl (C=O) groups excluding carboxylic acids is 1. The topological polar surface area (TPSA) is 59.6 Å². The van der Waals surface area contributed by atoms with Gasteiger partial charge in [-0.05, 0) is 82.1 Å². The van der Waals surface area contributed by atoms with Crippen LogP contribution in [0.15, 0.2) is 11.8 Å². The van der Waals surface area contributed by atoms with Crippen LogP contribution in [0.2, 0.25) is 0 Å². The van der Waals surface area contributed by atoms with E-state index in [9.17, 15) is 4.79 Å². The van der Waals surface area contributed by atoms with Gasteiger partial charge in [0.2, 0.25) is 0 Å². The van der Waals surface area contributed by atoms with Crippen molar-refractivity contribution in [2.75, 3.05) is 65.6 Å². The van der Waals surface area contributed by atoms with Crippen LogP contribution < -0.4 is 0 Å². The van der Waals surface area contributed by atoms with E-state index in [0.717, 1.165) is 45.0 Å². The van der Waals surface area contributed by atoms with Crippen LogP contribution in [0.5, 0.6) is 0 Å². The van der Waals surface area contributed by atoms with Crippen molar-refractivity contribution in [2.24, 2.45) is 17.8 Å². The summed E-state index contributed by atoms with van der Waals surface area (Å²) in [5, 5.41) is 8.92. The average Bonchev–Trinajstić information content (AvgIpc) is 3.55. The Morgan fingerprint density at radius 2 is 1.44 bits per heavy atom. The molecule has 6 nitrogen and oxygen atoms in total. The molecule has 6 bridgehead atoms. The van der Waals surface area contributed by atoms with Gasteiger partial charge in [-0.15, -0.1) is 0 Å². The number of epoxide rings is 1. The van der Waals surface area contributed by atoms with Gasteiger partial charge in [-0.25, -0.2) is 0 Å². The summed E-state index contributed by atoms with van der Waals surface area (Å²) in [7, 11) is 0. The third kappa shape index (κ3) is 5.75. The molecule has 10 aliphatic heterocycles. The number of rotatable bonds is 1. The molecule has 0 aromatic heterocycles. The number of Topliss-reactive ketones (excluding diaryl/α,β-unsaturated/α-hetero) is 1. The molecule has 0 aromatic rings. The van der Waals surface area contributed by atoms with Crippen molar-refractivity contribution in [3.63, 3.8) is 0 Å². The minimum absolute atomic E-state index is 0. The Balaban J connectivity index is 0.000000163. The van der Waals surface area contributed by atoms with E-state index in [2.05, 4.69) is 20.9 Å². The fraction of sp³-hybridized carbons (Fsp3) is 0.885. The van der Waals surface area contributed by atoms with Crippen LogP contribution in [-0.2, 0) is 9.53 Å². The highest BCUT2D eigenvalue weighted by Crippen LogP contribution is 2.46. The highest BCUT2D eigenvalue weighted by Gasteiger charge is 2.56. The van der Waals surface area contributed by atoms with Gasteiger partial charge >= 0.3 is 0 Å². The molecule has 8 fully saturated rings. The summed E-state index contributed by atoms with van der Waals surface area (Å²) in [5.41, 5.74) is 1.62. The summed E-state index contributed by atoms with van der Waals surface area (Å²) in [6, 6.07) is 0. The third-order valence-electron chi connectivity index (χ3n) is 8.35. The predicted octanol–water partition coefficient (Wildman–Crippen LogP) is 3.26. The molecule has 8 saturated heterocycles. The molecule has 0 radical (unpaired) electrons. The maximum Gasteiger partial charge on any atom is 0.149 e. The summed E-state index contributed by atoms with van der Waals surface area (Å²) in [5.74, 6) is 2.54. The van der Waals surface area contributed by atoms with Gasteiger partial charge < -0.3 is 19.6 Å². The van der Waals surface area contributed by atoms with Crippen LogP contribution in [-0.4, -0.2) is 96.8 Å². The zero-order valence-electron chi connectivity index (χ0n) is 17.7. The van der Waals surface area contributed by atoms with Crippen LogP contribution in [0.25, 0.3) is 0 Å². The van der Waals surface area contributed by atoms with E-state index in [1.165, 1.54) is 64.0 Å². The normalized spacial score (nSPS) is 37.6. The van der Waals surface area contributed by atoms with Gasteiger partial charge in [0.15, 0.2) is 0 Å². The van der Waals surface area contributed by atoms with Crippen molar-refractivity contribution in [3.05, 3.63) is 11.8 Å². The summed E-state index contributed by atoms with van der Waals surface area (Å²) >= 11 is 0. The average molecular weight is 452 g/mol. The predicted molar refractivity (Wildman–Crippen MR) is 132 cm³/mol. The number of ether oxygens (including phenoxy) is 1. The third-order valence-corrected chi connectivity index (χ3v) is 8.35. The fourth-order valence-corrected chi connectivity index (χ4v) is 6.22. The number of carbonyl (C=O) groups is 1. The van der Waals surface area contributed by atoms with E-state index in [-0.39, 0.29) is 28.9 Å². The summed E-state index contributed by atoms with van der Waals surface area (Å²) < 4.78 is 5.53. The SMILES string of the molecule is C.C.C.C1CN2CCC1C1(CO1)C2.O=C1CN2CCC1CC2.OCC1=CN2CCC1CC2. The molecule has 1 atom stereocenters. The Morgan fingerprint density at radius 1 is 0.875 bits per heavy atom. The molecular weight excluding hydrogens is 402 g/mol. The zero-order valence-corrected chi connectivity index (χ0v) is 17.7. The van der Waals surface area contributed by atoms with Gasteiger partial charge in [-0.2, -0.15) is 0 Å². The molecule has 0 amide bonds. The number of hydrogen-bond donors (Lipinski definition) is 1. The minimum atomic E-state index is 0. The van der Waals surface area contributed by atoms with E-state index in [1.807, 2.05) is 0 Å². The standard InChI is InChI=1S/2C8H13NO.C7H11NO.3CH4/c1-3-9-4-2-7(1)8(5-9)6-10-8;10-6-8-5-9-3-1-7(8)2-4-9;9-7-5-8-3-1-6(7)2-4-8;;;/h7H,1-6H2;5,7,10H,1-4,6H2;6H,1-5H2;3*1H4. The Kier molecular flexibility index (Phi) is 9.77. The quantitative estimate of drug-likeness (QED) is 0.618. The first-order chi connectivity index (χ1) is 14.1. The lowest BCUT2D eigenvalue weighted by Gasteiger charge is -2.43. The lowest BCUT2D eigenvalue weighted by atomic mass is 9.79. The van der Waals surface area contributed by atoms with Crippen molar-refractivity contribution >= 4 is 5.78 Å². The highest BCUT2D eigenvalue weighted by molar-refractivity contribution is 5.84. The van der Waals surface area contributed by atoms with Crippen molar-refractivity contribution in [3.8, 4) is 0 Å². The van der Waals surface area contributed by atoms with Crippen molar-refractivity contribution in [2.45, 2.75) is 66.4 Å².